The van der Waals surface area contributed by atoms with Gasteiger partial charge in [0.25, 0.3) is 0 Å². The van der Waals surface area contributed by atoms with Gasteiger partial charge in [0.05, 0.1) is 31.6 Å². The average Bonchev–Trinajstić information content (AvgIpc) is 3.32. The van der Waals surface area contributed by atoms with E-state index < -0.39 is 0 Å². The van der Waals surface area contributed by atoms with Crippen LogP contribution in [0.5, 0.6) is 11.5 Å². The second-order valence-electron chi connectivity index (χ2n) is 7.93. The van der Waals surface area contributed by atoms with Gasteiger partial charge in [-0.3, -0.25) is 19.5 Å². The molecule has 5 rings (SSSR count). The molecular weight excluding hydrogens is 372 g/mol. The Bertz CT molecular complexity index is 882. The first-order valence-electron chi connectivity index (χ1n) is 10.1. The monoisotopic (exact) mass is 396 g/mol. The minimum atomic E-state index is -0.168. The quantitative estimate of drug-likeness (QED) is 0.345. The molecule has 0 spiro atoms. The Kier molecular flexibility index (Phi) is 4.41. The molecule has 4 atom stereocenters. The van der Waals surface area contributed by atoms with Crippen molar-refractivity contribution in [3.63, 3.8) is 0 Å². The predicted molar refractivity (Wildman–Crippen MR) is 107 cm³/mol. The molecule has 8 heteroatoms. The van der Waals surface area contributed by atoms with Crippen LogP contribution in [0, 0.1) is 23.7 Å². The average molecular weight is 396 g/mol. The molecule has 2 heterocycles. The highest BCUT2D eigenvalue weighted by Crippen LogP contribution is 2.52. The summed E-state index contributed by atoms with van der Waals surface area (Å²) in [4.78, 5) is 31.0. The minimum Gasteiger partial charge on any atom is -0.490 e. The first-order chi connectivity index (χ1) is 14.1. The number of rotatable bonds is 4. The van der Waals surface area contributed by atoms with E-state index in [1.807, 2.05) is 18.2 Å². The maximum absolute atomic E-state index is 12.7. The number of guanidine groups is 1. The molecule has 1 saturated heterocycles. The van der Waals surface area contributed by atoms with Crippen LogP contribution in [0.25, 0.3) is 0 Å². The Hall–Kier alpha value is -3.03. The zero-order chi connectivity index (χ0) is 20.0. The fourth-order valence-corrected chi connectivity index (χ4v) is 4.88. The van der Waals surface area contributed by atoms with E-state index in [1.165, 1.54) is 4.90 Å². The number of anilines is 1. The second kappa shape index (κ2) is 7.09. The summed E-state index contributed by atoms with van der Waals surface area (Å²) in [7, 11) is 0. The van der Waals surface area contributed by atoms with E-state index in [4.69, 9.17) is 15.2 Å². The molecule has 2 aliphatic carbocycles. The minimum absolute atomic E-state index is 0.0542. The molecule has 2 amide bonds. The van der Waals surface area contributed by atoms with Gasteiger partial charge in [0, 0.05) is 24.7 Å². The first kappa shape index (κ1) is 18.0. The van der Waals surface area contributed by atoms with Crippen molar-refractivity contribution < 1.29 is 19.1 Å². The van der Waals surface area contributed by atoms with Gasteiger partial charge in [-0.15, -0.1) is 0 Å². The molecule has 1 aromatic rings. The number of ether oxygens (including phenoxy) is 2. The molecule has 29 heavy (non-hydrogen) atoms. The molecule has 1 saturated carbocycles. The number of hydrogen-bond acceptors (Lipinski definition) is 5. The Morgan fingerprint density at radius 3 is 2.52 bits per heavy atom. The van der Waals surface area contributed by atoms with Gasteiger partial charge in [-0.1, -0.05) is 12.2 Å². The number of nitrogens with two attached hydrogens (primary N) is 1. The van der Waals surface area contributed by atoms with E-state index in [0.29, 0.717) is 24.7 Å². The van der Waals surface area contributed by atoms with Crippen LogP contribution in [0.1, 0.15) is 12.8 Å². The number of imide groups is 1. The van der Waals surface area contributed by atoms with Crippen LogP contribution in [-0.4, -0.2) is 49.0 Å². The van der Waals surface area contributed by atoms with E-state index >= 15 is 0 Å². The van der Waals surface area contributed by atoms with Crippen LogP contribution in [0.4, 0.5) is 5.69 Å². The number of likely N-dealkylation sites (tertiary alicyclic amines) is 1. The molecule has 3 N–H and O–H groups in total. The number of amides is 2. The number of carbonyl (C=O) groups excluding carboxylic acids is 2. The molecule has 2 aliphatic heterocycles. The van der Waals surface area contributed by atoms with Gasteiger partial charge in [-0.25, -0.2) is 0 Å². The first-order valence-corrected chi connectivity index (χ1v) is 10.1. The fraction of sp³-hybridized carbons (Fsp3) is 0.476. The van der Waals surface area contributed by atoms with Gasteiger partial charge in [-0.2, -0.15) is 0 Å². The maximum atomic E-state index is 12.7. The molecule has 4 unspecified atom stereocenters. The summed E-state index contributed by atoms with van der Waals surface area (Å²) in [6.45, 7) is 1.77. The van der Waals surface area contributed by atoms with Crippen molar-refractivity contribution in [3.05, 3.63) is 30.4 Å². The summed E-state index contributed by atoms with van der Waals surface area (Å²) >= 11 is 0. The SMILES string of the molecule is NC(=NCCN1C(=O)C2C3C=CC(C3)C2C1=O)Nc1ccc2c(c1)OCCCO2. The van der Waals surface area contributed by atoms with E-state index in [-0.39, 0.29) is 54.5 Å². The third-order valence-corrected chi connectivity index (χ3v) is 6.19. The zero-order valence-corrected chi connectivity index (χ0v) is 16.0. The fourth-order valence-electron chi connectivity index (χ4n) is 4.88. The molecule has 2 bridgehead atoms. The van der Waals surface area contributed by atoms with Crippen molar-refractivity contribution in [2.75, 3.05) is 31.6 Å². The Morgan fingerprint density at radius 2 is 1.79 bits per heavy atom. The van der Waals surface area contributed by atoms with Crippen LogP contribution in [-0.2, 0) is 9.59 Å². The van der Waals surface area contributed by atoms with Gasteiger partial charge >= 0.3 is 0 Å². The number of aliphatic imine (C=N–C) groups is 1. The lowest BCUT2D eigenvalue weighted by Crippen LogP contribution is -2.35. The number of fused-ring (bicyclic) bond motifs is 6. The lowest BCUT2D eigenvalue weighted by Gasteiger charge is -2.16. The van der Waals surface area contributed by atoms with E-state index in [2.05, 4.69) is 22.5 Å². The highest BCUT2D eigenvalue weighted by atomic mass is 16.5. The van der Waals surface area contributed by atoms with E-state index in [0.717, 1.165) is 18.5 Å². The zero-order valence-electron chi connectivity index (χ0n) is 16.0. The number of hydrogen-bond donors (Lipinski definition) is 2. The molecule has 8 nitrogen and oxygen atoms in total. The maximum Gasteiger partial charge on any atom is 0.233 e. The summed E-state index contributed by atoms with van der Waals surface area (Å²) in [5, 5.41) is 3.02. The normalized spacial score (nSPS) is 29.9. The van der Waals surface area contributed by atoms with Crippen molar-refractivity contribution in [1.82, 2.24) is 4.90 Å². The topological polar surface area (TPSA) is 106 Å². The lowest BCUT2D eigenvalue weighted by atomic mass is 9.85. The molecule has 1 aromatic carbocycles. The highest BCUT2D eigenvalue weighted by molar-refractivity contribution is 6.06. The second-order valence-corrected chi connectivity index (χ2v) is 7.93. The summed E-state index contributed by atoms with van der Waals surface area (Å²) in [6, 6.07) is 5.49. The van der Waals surface area contributed by atoms with Crippen molar-refractivity contribution >= 4 is 23.5 Å². The van der Waals surface area contributed by atoms with E-state index in [1.54, 1.807) is 0 Å². The third kappa shape index (κ3) is 3.12. The van der Waals surface area contributed by atoms with Crippen LogP contribution < -0.4 is 20.5 Å². The standard InChI is InChI=1S/C21H24N4O4/c22-21(24-14-4-5-15-16(11-14)29-9-1-8-28-15)23-6-7-25-19(26)17-12-2-3-13(10-12)18(17)20(25)27/h2-5,11-13,17-18H,1,6-10H2,(H3,22,23,24). The Balaban J connectivity index is 1.19. The summed E-state index contributed by atoms with van der Waals surface area (Å²) in [6.07, 6.45) is 5.96. The third-order valence-electron chi connectivity index (χ3n) is 6.19. The van der Waals surface area contributed by atoms with Crippen LogP contribution in [0.15, 0.2) is 35.3 Å². The molecule has 0 radical (unpaired) electrons. The number of nitrogens with zero attached hydrogens (tertiary/aromatic N) is 2. The number of allylic oxidation sites excluding steroid dienone is 2. The number of nitrogens with one attached hydrogen (secondary N) is 1. The van der Waals surface area contributed by atoms with Gasteiger partial charge in [-0.05, 0) is 30.4 Å². The molecule has 0 aromatic heterocycles. The van der Waals surface area contributed by atoms with Gasteiger partial charge in [0.15, 0.2) is 17.5 Å². The predicted octanol–water partition coefficient (Wildman–Crippen LogP) is 1.38. The molecule has 2 fully saturated rings. The highest BCUT2D eigenvalue weighted by Gasteiger charge is 2.58. The van der Waals surface area contributed by atoms with Gasteiger partial charge in [0.1, 0.15) is 0 Å². The number of benzene rings is 1. The van der Waals surface area contributed by atoms with Crippen molar-refractivity contribution in [2.24, 2.45) is 34.4 Å². The largest absolute Gasteiger partial charge is 0.490 e. The van der Waals surface area contributed by atoms with Crippen LogP contribution in [0.2, 0.25) is 0 Å². The van der Waals surface area contributed by atoms with Gasteiger partial charge < -0.3 is 20.5 Å². The Morgan fingerprint density at radius 1 is 1.10 bits per heavy atom. The van der Waals surface area contributed by atoms with Crippen molar-refractivity contribution in [2.45, 2.75) is 12.8 Å². The summed E-state index contributed by atoms with van der Waals surface area (Å²) in [5.41, 5.74) is 6.72. The Labute approximate surface area is 168 Å². The molecule has 4 aliphatic rings. The summed E-state index contributed by atoms with van der Waals surface area (Å²) in [5.74, 6) is 1.61. The molecule has 152 valence electrons. The molecular formula is C21H24N4O4. The smallest absolute Gasteiger partial charge is 0.233 e. The van der Waals surface area contributed by atoms with E-state index in [9.17, 15) is 9.59 Å². The van der Waals surface area contributed by atoms with Crippen molar-refractivity contribution in [1.29, 1.82) is 0 Å². The number of carbonyl (C=O) groups is 2. The van der Waals surface area contributed by atoms with Gasteiger partial charge in [0.2, 0.25) is 11.8 Å². The van der Waals surface area contributed by atoms with Crippen LogP contribution in [0.3, 0.4) is 0 Å². The lowest BCUT2D eigenvalue weighted by molar-refractivity contribution is -0.140. The van der Waals surface area contributed by atoms with Crippen LogP contribution >= 0.6 is 0 Å². The summed E-state index contributed by atoms with van der Waals surface area (Å²) < 4.78 is 11.3. The van der Waals surface area contributed by atoms with Crippen molar-refractivity contribution in [3.8, 4) is 11.5 Å².